The number of hydrogen-bond acceptors (Lipinski definition) is 10. The van der Waals surface area contributed by atoms with Gasteiger partial charge in [-0.2, -0.15) is 0 Å². The first kappa shape index (κ1) is 40.2. The summed E-state index contributed by atoms with van der Waals surface area (Å²) in [6.45, 7) is 4.37. The van der Waals surface area contributed by atoms with E-state index in [1.54, 1.807) is 39.0 Å². The third-order valence-corrected chi connectivity index (χ3v) is 12.3. The fourth-order valence-corrected chi connectivity index (χ4v) is 8.72. The van der Waals surface area contributed by atoms with Crippen molar-refractivity contribution >= 4 is 57.4 Å². The number of hydrogen-bond donors (Lipinski definition) is 3. The van der Waals surface area contributed by atoms with Gasteiger partial charge in [0.05, 0.1) is 24.9 Å². The number of alkyl halides is 1. The number of benzene rings is 1. The monoisotopic (exact) mass is 808 g/mol. The van der Waals surface area contributed by atoms with Crippen LogP contribution < -0.4 is 15.4 Å². The smallest absolute Gasteiger partial charge is 0.410 e. The molecule has 2 aliphatic carbocycles. The van der Waals surface area contributed by atoms with Crippen LogP contribution in [-0.4, -0.2) is 119 Å². The number of ether oxygens (including phenoxy) is 2. The van der Waals surface area contributed by atoms with Gasteiger partial charge < -0.3 is 29.9 Å². The van der Waals surface area contributed by atoms with Crippen LogP contribution in [0.3, 0.4) is 0 Å². The van der Waals surface area contributed by atoms with E-state index in [4.69, 9.17) is 21.1 Å². The van der Waals surface area contributed by atoms with Crippen LogP contribution in [-0.2, 0) is 51.8 Å². The maximum atomic E-state index is 14.6. The van der Waals surface area contributed by atoms with E-state index in [1.165, 1.54) is 21.9 Å². The molecule has 0 bridgehead atoms. The lowest BCUT2D eigenvalue weighted by Gasteiger charge is -2.33. The number of rotatable bonds is 6. The zero-order chi connectivity index (χ0) is 39.9. The number of fused-ring (bicyclic) bond motifs is 3. The highest BCUT2D eigenvalue weighted by molar-refractivity contribution is 7.91. The number of nitrogens with one attached hydrogen (secondary N) is 3. The van der Waals surface area contributed by atoms with Gasteiger partial charge in [0.1, 0.15) is 41.0 Å². The second-order valence-corrected chi connectivity index (χ2v) is 17.9. The summed E-state index contributed by atoms with van der Waals surface area (Å²) in [6, 6.07) is 1.68. The lowest BCUT2D eigenvalue weighted by molar-refractivity contribution is -0.142. The molecular weight excluding hydrogens is 763 g/mol. The van der Waals surface area contributed by atoms with Crippen LogP contribution in [0, 0.1) is 11.7 Å². The summed E-state index contributed by atoms with van der Waals surface area (Å²) in [5.41, 5.74) is -1.65. The molecule has 19 heteroatoms. The Bertz CT molecular complexity index is 1890. The first-order valence-electron chi connectivity index (χ1n) is 18.3. The summed E-state index contributed by atoms with van der Waals surface area (Å²) in [4.78, 5) is 85.8. The maximum absolute atomic E-state index is 14.6. The van der Waals surface area contributed by atoms with E-state index >= 15 is 0 Å². The molecular formula is C36H46ClFN6O10S. The highest BCUT2D eigenvalue weighted by Crippen LogP contribution is 2.46. The third-order valence-electron chi connectivity index (χ3n) is 10.3. The molecule has 1 aromatic carbocycles. The second kappa shape index (κ2) is 15.6. The SMILES string of the molecule is CC(C)(C)OC(=O)N[C@H]1CN(C(=O)CCl)CCCC=C[C@@H]2C[C@@]2(C(=O)NS(=O)(=O)C2CC2)NC(=O)[C@@H]2C[C@@H](OC(=O)N3Cc4cccc(F)c4C3)CN2C1=O. The number of sulfonamides is 1. The van der Waals surface area contributed by atoms with E-state index in [9.17, 15) is 41.6 Å². The Morgan fingerprint density at radius 1 is 1.09 bits per heavy atom. The molecule has 0 radical (unpaired) electrons. The highest BCUT2D eigenvalue weighted by atomic mass is 35.5. The predicted molar refractivity (Wildman–Crippen MR) is 194 cm³/mol. The van der Waals surface area contributed by atoms with Gasteiger partial charge in [0, 0.05) is 31.0 Å². The summed E-state index contributed by atoms with van der Waals surface area (Å²) in [6.07, 6.45) is 2.10. The predicted octanol–water partition coefficient (Wildman–Crippen LogP) is 2.04. The van der Waals surface area contributed by atoms with Crippen molar-refractivity contribution in [3.63, 3.8) is 0 Å². The van der Waals surface area contributed by atoms with Crippen molar-refractivity contribution in [1.82, 2.24) is 30.1 Å². The largest absolute Gasteiger partial charge is 0.444 e. The van der Waals surface area contributed by atoms with Gasteiger partial charge in [-0.3, -0.25) is 28.8 Å². The van der Waals surface area contributed by atoms with Crippen molar-refractivity contribution in [3.8, 4) is 0 Å². The molecule has 0 aromatic heterocycles. The number of amides is 6. The van der Waals surface area contributed by atoms with E-state index in [-0.39, 0.29) is 45.6 Å². The normalized spacial score (nSPS) is 27.1. The van der Waals surface area contributed by atoms with Crippen LogP contribution in [0.15, 0.2) is 30.4 Å². The lowest BCUT2D eigenvalue weighted by atomic mass is 10.1. The zero-order valence-corrected chi connectivity index (χ0v) is 32.4. The molecule has 16 nitrogen and oxygen atoms in total. The molecule has 1 saturated heterocycles. The Hall–Kier alpha value is -4.45. The van der Waals surface area contributed by atoms with Gasteiger partial charge >= 0.3 is 12.2 Å². The van der Waals surface area contributed by atoms with Crippen LogP contribution in [0.4, 0.5) is 14.0 Å². The first-order chi connectivity index (χ1) is 25.9. The molecule has 6 amide bonds. The molecule has 300 valence electrons. The van der Waals surface area contributed by atoms with Crippen LogP contribution in [0.2, 0.25) is 0 Å². The van der Waals surface area contributed by atoms with Gasteiger partial charge in [0.15, 0.2) is 0 Å². The van der Waals surface area contributed by atoms with E-state index in [2.05, 4.69) is 15.4 Å². The van der Waals surface area contributed by atoms with E-state index < -0.39 is 98.0 Å². The van der Waals surface area contributed by atoms with Crippen LogP contribution in [0.25, 0.3) is 0 Å². The maximum Gasteiger partial charge on any atom is 0.410 e. The average Bonchev–Trinajstić information content (AvgIpc) is 3.99. The topological polar surface area (TPSA) is 201 Å². The number of carbonyl (C=O) groups is 6. The summed E-state index contributed by atoms with van der Waals surface area (Å²) in [5.74, 6) is -4.53. The Balaban J connectivity index is 1.31. The van der Waals surface area contributed by atoms with Crippen molar-refractivity contribution in [3.05, 3.63) is 47.3 Å². The Morgan fingerprint density at radius 2 is 1.84 bits per heavy atom. The van der Waals surface area contributed by atoms with Gasteiger partial charge in [-0.1, -0.05) is 24.3 Å². The molecule has 3 fully saturated rings. The lowest BCUT2D eigenvalue weighted by Crippen LogP contribution is -2.60. The Kier molecular flexibility index (Phi) is 11.4. The quantitative estimate of drug-likeness (QED) is 0.282. The first-order valence-corrected chi connectivity index (χ1v) is 20.4. The number of allylic oxidation sites excluding steroid dienone is 1. The number of halogens is 2. The highest BCUT2D eigenvalue weighted by Gasteiger charge is 2.62. The average molecular weight is 809 g/mol. The molecule has 1 aromatic rings. The molecule has 3 aliphatic heterocycles. The van der Waals surface area contributed by atoms with Crippen molar-refractivity contribution in [2.24, 2.45) is 5.92 Å². The number of carbonyl (C=O) groups excluding carboxylic acids is 6. The van der Waals surface area contributed by atoms with Crippen molar-refractivity contribution < 1.29 is 51.0 Å². The van der Waals surface area contributed by atoms with Crippen LogP contribution >= 0.6 is 11.6 Å². The molecule has 0 spiro atoms. The van der Waals surface area contributed by atoms with Gasteiger partial charge in [-0.15, -0.1) is 11.6 Å². The van der Waals surface area contributed by atoms with Gasteiger partial charge in [0.2, 0.25) is 27.7 Å². The molecule has 6 rings (SSSR count). The summed E-state index contributed by atoms with van der Waals surface area (Å²) < 4.78 is 53.4. The summed E-state index contributed by atoms with van der Waals surface area (Å²) in [5, 5.41) is 4.57. The zero-order valence-electron chi connectivity index (χ0n) is 30.8. The van der Waals surface area contributed by atoms with E-state index in [0.717, 1.165) is 4.90 Å². The van der Waals surface area contributed by atoms with Crippen molar-refractivity contribution in [2.75, 3.05) is 25.5 Å². The fourth-order valence-electron chi connectivity index (χ4n) is 7.19. The van der Waals surface area contributed by atoms with Crippen LogP contribution in [0.5, 0.6) is 0 Å². The van der Waals surface area contributed by atoms with Gasteiger partial charge in [-0.25, -0.2) is 22.4 Å². The Morgan fingerprint density at radius 3 is 2.51 bits per heavy atom. The van der Waals surface area contributed by atoms with Crippen molar-refractivity contribution in [1.29, 1.82) is 0 Å². The number of alkyl carbamates (subject to hydrolysis) is 1. The fraction of sp³-hybridized carbons (Fsp3) is 0.611. The molecule has 0 unspecified atom stereocenters. The van der Waals surface area contributed by atoms with Crippen LogP contribution in [0.1, 0.15) is 70.4 Å². The number of nitrogens with zero attached hydrogens (tertiary/aromatic N) is 3. The third kappa shape index (κ3) is 9.17. The minimum Gasteiger partial charge on any atom is -0.444 e. The molecule has 2 saturated carbocycles. The summed E-state index contributed by atoms with van der Waals surface area (Å²) >= 11 is 5.94. The second-order valence-electron chi connectivity index (χ2n) is 15.7. The van der Waals surface area contributed by atoms with Crippen molar-refractivity contribution in [2.45, 2.75) is 107 Å². The molecule has 5 atom stereocenters. The minimum absolute atomic E-state index is 0.0528. The standard InChI is InChI=1S/C36H46ClFN6O10S/c1-35(2,3)54-33(49)39-27-20-42(29(45)16-37)13-6-4-5-9-22-15-36(22,32(48)41-55(51,52)24-11-12-24)40-30(46)28-14-23(18-44(28)31(27)47)53-34(50)43-17-21-8-7-10-26(38)25(21)19-43/h5,7-10,22-24,27-28H,4,6,11-20H2,1-3H3,(H,39,49)(H,40,46)(H,41,48)/t22-,23-,27+,28+,36-/m1/s1. The van der Waals surface area contributed by atoms with E-state index in [1.807, 2.05) is 0 Å². The molecule has 5 aliphatic rings. The minimum atomic E-state index is -3.98. The summed E-state index contributed by atoms with van der Waals surface area (Å²) in [7, 11) is -3.98. The Labute approximate surface area is 323 Å². The van der Waals surface area contributed by atoms with E-state index in [0.29, 0.717) is 36.8 Å². The molecule has 3 N–H and O–H groups in total. The molecule has 55 heavy (non-hydrogen) atoms. The molecule has 3 heterocycles. The van der Waals surface area contributed by atoms with Gasteiger partial charge in [-0.05, 0) is 64.5 Å². The van der Waals surface area contributed by atoms with Gasteiger partial charge in [0.25, 0.3) is 5.91 Å².